The maximum absolute atomic E-state index is 10.5. The van der Waals surface area contributed by atoms with E-state index in [0.29, 0.717) is 11.5 Å². The summed E-state index contributed by atoms with van der Waals surface area (Å²) in [7, 11) is 0. The molecular formula is C13H13N5O2. The summed E-state index contributed by atoms with van der Waals surface area (Å²) in [6.45, 7) is 0. The molecule has 7 nitrogen and oxygen atoms in total. The largest absolute Gasteiger partial charge is 0.321 e. The van der Waals surface area contributed by atoms with Gasteiger partial charge in [0.2, 0.25) is 0 Å². The molecule has 0 aliphatic carbocycles. The number of nitro benzene ring substituents is 1. The molecule has 0 amide bonds. The first-order valence-electron chi connectivity index (χ1n) is 5.80. The quantitative estimate of drug-likeness (QED) is 0.258. The first-order chi connectivity index (χ1) is 9.70. The molecule has 20 heavy (non-hydrogen) atoms. The Balaban J connectivity index is 2.02. The molecule has 0 aromatic heterocycles. The van der Waals surface area contributed by atoms with Crippen LogP contribution in [0.5, 0.6) is 0 Å². The molecule has 0 saturated heterocycles. The highest BCUT2D eigenvalue weighted by Crippen LogP contribution is 2.14. The molecule has 0 fully saturated rings. The number of nitrogens with one attached hydrogen (secondary N) is 2. The normalized spacial score (nSPS) is 10.9. The van der Waals surface area contributed by atoms with Gasteiger partial charge >= 0.3 is 0 Å². The summed E-state index contributed by atoms with van der Waals surface area (Å²) in [5.41, 5.74) is 7.25. The van der Waals surface area contributed by atoms with Crippen LogP contribution < -0.4 is 16.7 Å². The highest BCUT2D eigenvalue weighted by Gasteiger charge is 2.05. The third-order valence-electron chi connectivity index (χ3n) is 2.58. The van der Waals surface area contributed by atoms with Crippen molar-refractivity contribution >= 4 is 17.2 Å². The number of hydrogen-bond acceptors (Lipinski definition) is 5. The Morgan fingerprint density at radius 3 is 2.30 bits per heavy atom. The summed E-state index contributed by atoms with van der Waals surface area (Å²) in [6.07, 6.45) is 0. The average Bonchev–Trinajstić information content (AvgIpc) is 2.49. The monoisotopic (exact) mass is 271 g/mol. The Labute approximate surface area is 115 Å². The predicted octanol–water partition coefficient (Wildman–Crippen LogP) is 1.83. The van der Waals surface area contributed by atoms with Crippen molar-refractivity contribution in [1.29, 1.82) is 0 Å². The number of nitrogens with two attached hydrogens (primary N) is 1. The molecule has 0 bridgehead atoms. The number of hydrogen-bond donors (Lipinski definition) is 3. The molecule has 0 aliphatic heterocycles. The first-order valence-corrected chi connectivity index (χ1v) is 5.80. The van der Waals surface area contributed by atoms with Gasteiger partial charge < -0.3 is 5.84 Å². The van der Waals surface area contributed by atoms with Gasteiger partial charge in [0.15, 0.2) is 5.84 Å². The van der Waals surface area contributed by atoms with E-state index in [0.717, 1.165) is 5.56 Å². The lowest BCUT2D eigenvalue weighted by Gasteiger charge is -2.11. The Hall–Kier alpha value is -3.09. The third-order valence-corrected chi connectivity index (χ3v) is 2.58. The second-order valence-electron chi connectivity index (χ2n) is 3.90. The van der Waals surface area contributed by atoms with Gasteiger partial charge in [-0.25, -0.2) is 0 Å². The van der Waals surface area contributed by atoms with Crippen LogP contribution in [0.3, 0.4) is 0 Å². The van der Waals surface area contributed by atoms with E-state index in [4.69, 9.17) is 5.84 Å². The lowest BCUT2D eigenvalue weighted by Crippen LogP contribution is -2.31. The molecule has 7 heteroatoms. The molecule has 0 heterocycles. The van der Waals surface area contributed by atoms with E-state index in [2.05, 4.69) is 16.0 Å². The summed E-state index contributed by atoms with van der Waals surface area (Å²) in [6, 6.07) is 15.3. The van der Waals surface area contributed by atoms with Crippen LogP contribution >= 0.6 is 0 Å². The van der Waals surface area contributed by atoms with Crippen LogP contribution in [-0.4, -0.2) is 10.8 Å². The molecule has 0 atom stereocenters. The topological polar surface area (TPSA) is 106 Å². The van der Waals surface area contributed by atoms with Gasteiger partial charge in [-0.1, -0.05) is 30.3 Å². The average molecular weight is 271 g/mol. The van der Waals surface area contributed by atoms with Crippen molar-refractivity contribution < 1.29 is 4.92 Å². The summed E-state index contributed by atoms with van der Waals surface area (Å²) in [4.78, 5) is 10.1. The van der Waals surface area contributed by atoms with Gasteiger partial charge in [-0.15, -0.1) is 0 Å². The van der Waals surface area contributed by atoms with Crippen molar-refractivity contribution in [2.24, 2.45) is 10.9 Å². The Morgan fingerprint density at radius 2 is 1.75 bits per heavy atom. The van der Waals surface area contributed by atoms with Crippen LogP contribution in [0.1, 0.15) is 5.56 Å². The minimum atomic E-state index is -0.450. The molecule has 4 N–H and O–H groups in total. The van der Waals surface area contributed by atoms with Gasteiger partial charge in [0.05, 0.1) is 10.6 Å². The highest BCUT2D eigenvalue weighted by molar-refractivity contribution is 5.99. The number of hydrazone groups is 1. The van der Waals surface area contributed by atoms with Crippen LogP contribution in [0.4, 0.5) is 11.4 Å². The second-order valence-corrected chi connectivity index (χ2v) is 3.90. The van der Waals surface area contributed by atoms with E-state index >= 15 is 0 Å². The van der Waals surface area contributed by atoms with Crippen LogP contribution in [0.2, 0.25) is 0 Å². The number of amidine groups is 1. The van der Waals surface area contributed by atoms with E-state index < -0.39 is 4.92 Å². The van der Waals surface area contributed by atoms with Crippen LogP contribution in [-0.2, 0) is 0 Å². The predicted molar refractivity (Wildman–Crippen MR) is 77.0 cm³/mol. The number of anilines is 1. The van der Waals surface area contributed by atoms with Crippen molar-refractivity contribution in [2.75, 3.05) is 5.43 Å². The maximum atomic E-state index is 10.5. The zero-order valence-corrected chi connectivity index (χ0v) is 10.5. The minimum absolute atomic E-state index is 0.0336. The molecule has 0 unspecified atom stereocenters. The molecule has 0 radical (unpaired) electrons. The first kappa shape index (κ1) is 13.3. The Morgan fingerprint density at radius 1 is 1.10 bits per heavy atom. The van der Waals surface area contributed by atoms with Crippen molar-refractivity contribution in [3.8, 4) is 0 Å². The highest BCUT2D eigenvalue weighted by atomic mass is 16.6. The molecule has 2 aromatic rings. The smallest absolute Gasteiger partial charge is 0.269 e. The zero-order chi connectivity index (χ0) is 14.4. The minimum Gasteiger partial charge on any atom is -0.321 e. The molecule has 2 aromatic carbocycles. The third kappa shape index (κ3) is 3.22. The van der Waals surface area contributed by atoms with E-state index in [1.165, 1.54) is 12.1 Å². The summed E-state index contributed by atoms with van der Waals surface area (Å²) in [5.74, 6) is 5.79. The second kappa shape index (κ2) is 6.19. The molecule has 102 valence electrons. The van der Waals surface area contributed by atoms with E-state index in [-0.39, 0.29) is 5.69 Å². The number of non-ortho nitro benzene ring substituents is 1. The van der Waals surface area contributed by atoms with Crippen LogP contribution in [0, 0.1) is 10.1 Å². The lowest BCUT2D eigenvalue weighted by atomic mass is 10.2. The number of nitrogens with zero attached hydrogens (tertiary/aromatic N) is 2. The number of benzene rings is 2. The maximum Gasteiger partial charge on any atom is 0.269 e. The molecule has 0 spiro atoms. The van der Waals surface area contributed by atoms with E-state index in [1.54, 1.807) is 12.1 Å². The molecule has 0 saturated carbocycles. The van der Waals surface area contributed by atoms with E-state index in [1.807, 2.05) is 30.3 Å². The van der Waals surface area contributed by atoms with E-state index in [9.17, 15) is 10.1 Å². The summed E-state index contributed by atoms with van der Waals surface area (Å²) in [5, 5.41) is 14.2. The summed E-state index contributed by atoms with van der Waals surface area (Å²) < 4.78 is 0. The van der Waals surface area contributed by atoms with Gasteiger partial charge in [-0.2, -0.15) is 5.10 Å². The Kier molecular flexibility index (Phi) is 4.13. The van der Waals surface area contributed by atoms with Crippen molar-refractivity contribution in [3.63, 3.8) is 0 Å². The van der Waals surface area contributed by atoms with Gasteiger partial charge in [-0.05, 0) is 12.1 Å². The van der Waals surface area contributed by atoms with Gasteiger partial charge in [0.1, 0.15) is 0 Å². The number of rotatable bonds is 4. The van der Waals surface area contributed by atoms with Crippen LogP contribution in [0.15, 0.2) is 59.7 Å². The standard InChI is InChI=1S/C13H13N5O2/c14-15-13(10-4-2-1-3-5-10)17-16-11-6-8-12(9-7-11)18(19)20/h1-9,16H,14H2,(H,15,17). The summed E-state index contributed by atoms with van der Waals surface area (Å²) >= 11 is 0. The lowest BCUT2D eigenvalue weighted by molar-refractivity contribution is -0.384. The fourth-order valence-electron chi connectivity index (χ4n) is 1.57. The number of nitro groups is 1. The molecule has 2 rings (SSSR count). The molecule has 0 aliphatic rings. The zero-order valence-electron chi connectivity index (χ0n) is 10.5. The Bertz CT molecular complexity index is 610. The van der Waals surface area contributed by atoms with Crippen LogP contribution in [0.25, 0.3) is 0 Å². The van der Waals surface area contributed by atoms with Gasteiger partial charge in [0.25, 0.3) is 5.69 Å². The van der Waals surface area contributed by atoms with Crippen molar-refractivity contribution in [1.82, 2.24) is 5.43 Å². The fraction of sp³-hybridized carbons (Fsp3) is 0. The van der Waals surface area contributed by atoms with Gasteiger partial charge in [-0.3, -0.25) is 21.0 Å². The fourth-order valence-corrected chi connectivity index (χ4v) is 1.57. The SMILES string of the molecule is N/N=C(/NNc1ccc([N+](=O)[O-])cc1)c1ccccc1. The molecular weight excluding hydrogens is 258 g/mol. The number of hydrazine groups is 1. The van der Waals surface area contributed by atoms with Gasteiger partial charge in [0, 0.05) is 17.7 Å². The van der Waals surface area contributed by atoms with Crippen molar-refractivity contribution in [2.45, 2.75) is 0 Å². The van der Waals surface area contributed by atoms with Crippen molar-refractivity contribution in [3.05, 3.63) is 70.3 Å².